The van der Waals surface area contributed by atoms with Crippen molar-refractivity contribution in [2.24, 2.45) is 5.92 Å². The SMILES string of the molecule is OC1COC2C(Cc3cc4nc(-c5ccc(-c6ccc(-n7cncn7)cc6)cc5)ccc4[nH]3)COC12. The number of rotatable bonds is 5. The first-order valence-corrected chi connectivity index (χ1v) is 12.2. The standard InChI is InChI=1S/C28H25N5O3/c34-26-14-36-27-20(13-35-28(26)27)11-21-12-25-24(31-21)10-9-23(32-25)19-3-1-17(2-4-19)18-5-7-22(8-6-18)33-16-29-15-30-33/h1-10,12,15-16,20,26-28,31,34H,11,13-14H2. The van der Waals surface area contributed by atoms with Crippen molar-refractivity contribution in [2.45, 2.75) is 24.7 Å². The fourth-order valence-corrected chi connectivity index (χ4v) is 5.33. The first-order valence-electron chi connectivity index (χ1n) is 12.2. The second-order valence-corrected chi connectivity index (χ2v) is 9.52. The van der Waals surface area contributed by atoms with E-state index in [1.165, 1.54) is 6.33 Å². The van der Waals surface area contributed by atoms with Gasteiger partial charge in [-0.3, -0.25) is 0 Å². The van der Waals surface area contributed by atoms with Crippen molar-refractivity contribution < 1.29 is 14.6 Å². The molecule has 7 rings (SSSR count). The van der Waals surface area contributed by atoms with Crippen LogP contribution >= 0.6 is 0 Å². The third kappa shape index (κ3) is 3.80. The van der Waals surface area contributed by atoms with Gasteiger partial charge in [-0.05, 0) is 47.9 Å². The normalized spacial score (nSPS) is 23.4. The molecule has 2 aromatic carbocycles. The first-order chi connectivity index (χ1) is 17.7. The molecule has 4 atom stereocenters. The molecule has 2 saturated heterocycles. The number of aromatic nitrogens is 5. The summed E-state index contributed by atoms with van der Waals surface area (Å²) in [5.74, 6) is 0.234. The predicted octanol–water partition coefficient (Wildman–Crippen LogP) is 3.79. The predicted molar refractivity (Wildman–Crippen MR) is 135 cm³/mol. The van der Waals surface area contributed by atoms with Crippen LogP contribution in [-0.4, -0.2) is 61.4 Å². The zero-order valence-corrected chi connectivity index (χ0v) is 19.5. The van der Waals surface area contributed by atoms with Crippen molar-refractivity contribution in [1.29, 1.82) is 0 Å². The molecule has 8 heteroatoms. The van der Waals surface area contributed by atoms with Gasteiger partial charge in [-0.2, -0.15) is 5.10 Å². The maximum absolute atomic E-state index is 9.99. The fraction of sp³-hybridized carbons (Fsp3) is 0.250. The number of aliphatic hydroxyl groups is 1. The van der Waals surface area contributed by atoms with E-state index in [1.807, 2.05) is 12.1 Å². The van der Waals surface area contributed by atoms with Crippen LogP contribution in [0.4, 0.5) is 0 Å². The molecule has 0 amide bonds. The summed E-state index contributed by atoms with van der Waals surface area (Å²) in [7, 11) is 0. The number of aromatic amines is 1. The highest BCUT2D eigenvalue weighted by atomic mass is 16.6. The Bertz CT molecular complexity index is 1500. The van der Waals surface area contributed by atoms with Gasteiger partial charge in [0, 0.05) is 17.2 Å². The fourth-order valence-electron chi connectivity index (χ4n) is 5.33. The molecule has 2 aliphatic rings. The third-order valence-corrected chi connectivity index (χ3v) is 7.21. The van der Waals surface area contributed by atoms with E-state index in [0.717, 1.165) is 51.2 Å². The second-order valence-electron chi connectivity index (χ2n) is 9.52. The zero-order chi connectivity index (χ0) is 24.1. The lowest BCUT2D eigenvalue weighted by Gasteiger charge is -2.14. The van der Waals surface area contributed by atoms with Crippen molar-refractivity contribution >= 4 is 11.0 Å². The van der Waals surface area contributed by atoms with E-state index < -0.39 is 6.10 Å². The smallest absolute Gasteiger partial charge is 0.138 e. The largest absolute Gasteiger partial charge is 0.388 e. The molecule has 2 aliphatic heterocycles. The average Bonchev–Trinajstić information content (AvgIpc) is 3.71. The van der Waals surface area contributed by atoms with Crippen LogP contribution in [0.2, 0.25) is 0 Å². The Hall–Kier alpha value is -3.85. The number of aliphatic hydroxyl groups excluding tert-OH is 1. The zero-order valence-electron chi connectivity index (χ0n) is 19.5. The Labute approximate surface area is 207 Å². The number of hydrogen-bond donors (Lipinski definition) is 2. The molecule has 0 saturated carbocycles. The lowest BCUT2D eigenvalue weighted by molar-refractivity contribution is 0.0169. The summed E-state index contributed by atoms with van der Waals surface area (Å²) in [6.07, 6.45) is 3.28. The van der Waals surface area contributed by atoms with E-state index in [4.69, 9.17) is 14.5 Å². The van der Waals surface area contributed by atoms with Crippen LogP contribution in [0.5, 0.6) is 0 Å². The van der Waals surface area contributed by atoms with Gasteiger partial charge in [0.2, 0.25) is 0 Å². The number of pyridine rings is 1. The number of H-pyrrole nitrogens is 1. The first kappa shape index (κ1) is 21.4. The van der Waals surface area contributed by atoms with Gasteiger partial charge in [0.15, 0.2) is 0 Å². The maximum atomic E-state index is 9.99. The quantitative estimate of drug-likeness (QED) is 0.398. The summed E-state index contributed by atoms with van der Waals surface area (Å²) in [5.41, 5.74) is 8.34. The van der Waals surface area contributed by atoms with Crippen molar-refractivity contribution in [1.82, 2.24) is 24.7 Å². The van der Waals surface area contributed by atoms with Crippen LogP contribution in [0.3, 0.4) is 0 Å². The number of nitrogens with one attached hydrogen (secondary N) is 1. The van der Waals surface area contributed by atoms with E-state index in [2.05, 4.69) is 69.7 Å². The molecule has 5 heterocycles. The van der Waals surface area contributed by atoms with Gasteiger partial charge in [-0.15, -0.1) is 0 Å². The van der Waals surface area contributed by atoms with Crippen LogP contribution in [0.25, 0.3) is 39.1 Å². The Morgan fingerprint density at radius 3 is 2.42 bits per heavy atom. The summed E-state index contributed by atoms with van der Waals surface area (Å²) < 4.78 is 13.3. The molecule has 0 aliphatic carbocycles. The number of ether oxygens (including phenoxy) is 2. The molecule has 180 valence electrons. The van der Waals surface area contributed by atoms with Gasteiger partial charge < -0.3 is 19.6 Å². The van der Waals surface area contributed by atoms with Crippen molar-refractivity contribution in [2.75, 3.05) is 13.2 Å². The molecular weight excluding hydrogens is 454 g/mol. The summed E-state index contributed by atoms with van der Waals surface area (Å²) in [6.45, 7) is 0.965. The lowest BCUT2D eigenvalue weighted by atomic mass is 9.96. The summed E-state index contributed by atoms with van der Waals surface area (Å²) in [5, 5.41) is 14.2. The summed E-state index contributed by atoms with van der Waals surface area (Å²) in [6, 6.07) is 23.0. The second kappa shape index (κ2) is 8.67. The highest BCUT2D eigenvalue weighted by Gasteiger charge is 2.46. The van der Waals surface area contributed by atoms with Crippen LogP contribution in [-0.2, 0) is 15.9 Å². The molecule has 8 nitrogen and oxygen atoms in total. The number of nitrogens with zero attached hydrogens (tertiary/aromatic N) is 4. The monoisotopic (exact) mass is 479 g/mol. The summed E-state index contributed by atoms with van der Waals surface area (Å²) >= 11 is 0. The third-order valence-electron chi connectivity index (χ3n) is 7.21. The molecule has 36 heavy (non-hydrogen) atoms. The topological polar surface area (TPSA) is 98.1 Å². The van der Waals surface area contributed by atoms with E-state index in [1.54, 1.807) is 11.0 Å². The van der Waals surface area contributed by atoms with Crippen molar-refractivity contribution in [3.8, 4) is 28.1 Å². The highest BCUT2D eigenvalue weighted by Crippen LogP contribution is 2.34. The number of fused-ring (bicyclic) bond motifs is 2. The molecular formula is C28H25N5O3. The molecule has 0 bridgehead atoms. The van der Waals surface area contributed by atoms with Crippen molar-refractivity contribution in [3.05, 3.63) is 85.1 Å². The van der Waals surface area contributed by atoms with Crippen LogP contribution in [0, 0.1) is 5.92 Å². The van der Waals surface area contributed by atoms with Gasteiger partial charge in [0.05, 0.1) is 41.7 Å². The van der Waals surface area contributed by atoms with Crippen LogP contribution in [0.1, 0.15) is 5.69 Å². The molecule has 3 aromatic heterocycles. The minimum Gasteiger partial charge on any atom is -0.388 e. The van der Waals surface area contributed by atoms with Gasteiger partial charge >= 0.3 is 0 Å². The molecule has 2 fully saturated rings. The molecule has 5 aromatic rings. The number of hydrogen-bond acceptors (Lipinski definition) is 6. The Morgan fingerprint density at radius 2 is 1.64 bits per heavy atom. The Kier molecular flexibility index (Phi) is 5.16. The molecule has 0 spiro atoms. The van der Waals surface area contributed by atoms with E-state index >= 15 is 0 Å². The number of benzene rings is 2. The lowest BCUT2D eigenvalue weighted by Crippen LogP contribution is -2.29. The molecule has 4 unspecified atom stereocenters. The minimum absolute atomic E-state index is 0.0350. The molecule has 2 N–H and O–H groups in total. The van der Waals surface area contributed by atoms with Gasteiger partial charge in [-0.25, -0.2) is 14.6 Å². The van der Waals surface area contributed by atoms with Crippen LogP contribution < -0.4 is 0 Å². The maximum Gasteiger partial charge on any atom is 0.138 e. The Balaban J connectivity index is 1.08. The minimum atomic E-state index is -0.516. The van der Waals surface area contributed by atoms with E-state index in [-0.39, 0.29) is 18.1 Å². The molecule has 0 radical (unpaired) electrons. The van der Waals surface area contributed by atoms with E-state index in [9.17, 15) is 5.11 Å². The Morgan fingerprint density at radius 1 is 0.889 bits per heavy atom. The highest BCUT2D eigenvalue weighted by molar-refractivity contribution is 5.80. The van der Waals surface area contributed by atoms with Gasteiger partial charge in [-0.1, -0.05) is 36.4 Å². The van der Waals surface area contributed by atoms with Gasteiger partial charge in [0.1, 0.15) is 24.9 Å². The van der Waals surface area contributed by atoms with E-state index in [0.29, 0.717) is 13.2 Å². The summed E-state index contributed by atoms with van der Waals surface area (Å²) in [4.78, 5) is 12.4. The van der Waals surface area contributed by atoms with Gasteiger partial charge in [0.25, 0.3) is 0 Å². The van der Waals surface area contributed by atoms with Crippen LogP contribution in [0.15, 0.2) is 79.4 Å². The van der Waals surface area contributed by atoms with Crippen molar-refractivity contribution in [3.63, 3.8) is 0 Å². The average molecular weight is 480 g/mol.